The number of aromatic nitrogens is 4. The number of benzene rings is 2. The van der Waals surface area contributed by atoms with Gasteiger partial charge >= 0.3 is 6.03 Å². The number of nitrogens with zero attached hydrogens (tertiary/aromatic N) is 2. The molecule has 2 aromatic carbocycles. The van der Waals surface area contributed by atoms with Gasteiger partial charge in [0.1, 0.15) is 5.82 Å². The maximum absolute atomic E-state index is 15.6. The van der Waals surface area contributed by atoms with Crippen LogP contribution in [0.2, 0.25) is 0 Å². The summed E-state index contributed by atoms with van der Waals surface area (Å²) in [7, 11) is 0. The predicted molar refractivity (Wildman–Crippen MR) is 129 cm³/mol. The van der Waals surface area contributed by atoms with Crippen molar-refractivity contribution in [3.05, 3.63) is 74.3 Å². The molecule has 1 aliphatic rings. The zero-order valence-electron chi connectivity index (χ0n) is 18.5. The van der Waals surface area contributed by atoms with Gasteiger partial charge in [0.2, 0.25) is 5.95 Å². The van der Waals surface area contributed by atoms with E-state index in [1.54, 1.807) is 36.4 Å². The molecule has 8 nitrogen and oxygen atoms in total. The third-order valence-corrected chi connectivity index (χ3v) is 5.80. The molecule has 2 heterocycles. The number of carbonyl (C=O) groups is 1. The Bertz CT molecular complexity index is 1590. The van der Waals surface area contributed by atoms with Crippen molar-refractivity contribution in [3.63, 3.8) is 0 Å². The number of urea groups is 1. The molecule has 0 bridgehead atoms. The lowest BCUT2D eigenvalue weighted by atomic mass is 9.98. The van der Waals surface area contributed by atoms with Crippen molar-refractivity contribution in [1.29, 1.82) is 0 Å². The van der Waals surface area contributed by atoms with Crippen LogP contribution in [0.5, 0.6) is 0 Å². The average molecular weight is 458 g/mol. The lowest BCUT2D eigenvalue weighted by Gasteiger charge is -2.10. The molecule has 172 valence electrons. The fraction of sp³-hybridized carbons (Fsp3) is 0.200. The summed E-state index contributed by atoms with van der Waals surface area (Å²) in [5, 5.41) is 13.4. The number of hydrogen-bond acceptors (Lipinski definition) is 4. The molecule has 0 aliphatic heterocycles. The van der Waals surface area contributed by atoms with Crippen molar-refractivity contribution in [2.75, 3.05) is 11.9 Å². The standard InChI is InChI=1S/C25H23FN6O2/c1-2-27-25(34)30-24-28-19-11-10-14(12-21(19)29-24)16-9-5-6-15(22(16)26)13-20-17-7-3-4-8-18(17)23(33)32-31-20/h5-12H,2-4,13H2,1H3,(H,32,33)(H3,27,28,29,30,34). The van der Waals surface area contributed by atoms with Crippen molar-refractivity contribution in [1.82, 2.24) is 25.5 Å². The van der Waals surface area contributed by atoms with Crippen molar-refractivity contribution < 1.29 is 9.18 Å². The summed E-state index contributed by atoms with van der Waals surface area (Å²) in [5.41, 5.74) is 3.36. The summed E-state index contributed by atoms with van der Waals surface area (Å²) in [6.07, 6.45) is 5.79. The summed E-state index contributed by atoms with van der Waals surface area (Å²) in [6, 6.07) is 10.3. The highest BCUT2D eigenvalue weighted by atomic mass is 19.1. The lowest BCUT2D eigenvalue weighted by Crippen LogP contribution is -2.45. The van der Waals surface area contributed by atoms with E-state index in [9.17, 15) is 9.59 Å². The van der Waals surface area contributed by atoms with Gasteiger partial charge in [0.15, 0.2) is 0 Å². The number of hydrogen-bond donors (Lipinski definition) is 4. The van der Waals surface area contributed by atoms with E-state index in [0.29, 0.717) is 51.1 Å². The Hall–Kier alpha value is -4.27. The average Bonchev–Trinajstić information content (AvgIpc) is 3.23. The van der Waals surface area contributed by atoms with Crippen LogP contribution in [0, 0.1) is 5.82 Å². The van der Waals surface area contributed by atoms with Gasteiger partial charge in [-0.3, -0.25) is 10.1 Å². The first-order valence-corrected chi connectivity index (χ1v) is 11.1. The Morgan fingerprint density at radius 2 is 1.97 bits per heavy atom. The molecule has 0 spiro atoms. The number of halogens is 1. The maximum atomic E-state index is 15.6. The van der Waals surface area contributed by atoms with Gasteiger partial charge in [0, 0.05) is 29.0 Å². The van der Waals surface area contributed by atoms with Crippen molar-refractivity contribution in [3.8, 4) is 11.1 Å². The number of fused-ring (bicyclic) bond motifs is 2. The molecule has 2 amide bonds. The first-order chi connectivity index (χ1) is 16.5. The first kappa shape index (κ1) is 21.6. The third kappa shape index (κ3) is 4.07. The van der Waals surface area contributed by atoms with Crippen LogP contribution in [0.1, 0.15) is 31.0 Å². The topological polar surface area (TPSA) is 116 Å². The minimum absolute atomic E-state index is 0.224. The highest BCUT2D eigenvalue weighted by Crippen LogP contribution is 2.28. The van der Waals surface area contributed by atoms with Crippen molar-refractivity contribution in [2.45, 2.75) is 26.2 Å². The molecule has 4 N–H and O–H groups in total. The highest BCUT2D eigenvalue weighted by molar-refractivity contribution is 5.90. The van der Waals surface area contributed by atoms with Gasteiger partial charge in [-0.1, -0.05) is 36.4 Å². The minimum Gasteiger partial charge on any atom is -0.338 e. The smallest absolute Gasteiger partial charge is 0.321 e. The van der Waals surface area contributed by atoms with Crippen molar-refractivity contribution >= 4 is 35.2 Å². The molecule has 0 saturated carbocycles. The van der Waals surface area contributed by atoms with Gasteiger partial charge in [-0.15, -0.1) is 0 Å². The second kappa shape index (κ2) is 8.93. The first-order valence-electron chi connectivity index (χ1n) is 11.1. The van der Waals surface area contributed by atoms with E-state index < -0.39 is 0 Å². The van der Waals surface area contributed by atoms with Crippen LogP contribution in [-0.4, -0.2) is 32.7 Å². The van der Waals surface area contributed by atoms with Gasteiger partial charge in [-0.2, -0.15) is 5.10 Å². The molecular formula is C25H23FN6O2. The number of amides is 2. The molecular weight excluding hydrogens is 435 g/mol. The quantitative estimate of drug-likeness (QED) is 0.368. The van der Waals surface area contributed by atoms with Crippen LogP contribution >= 0.6 is 0 Å². The molecule has 0 saturated heterocycles. The van der Waals surface area contributed by atoms with Crippen LogP contribution in [0.15, 0.2) is 41.2 Å². The van der Waals surface area contributed by atoms with E-state index in [0.717, 1.165) is 18.1 Å². The van der Waals surface area contributed by atoms with E-state index in [4.69, 9.17) is 0 Å². The Morgan fingerprint density at radius 3 is 2.79 bits per heavy atom. The molecule has 0 radical (unpaired) electrons. The largest absolute Gasteiger partial charge is 0.338 e. The Morgan fingerprint density at radius 1 is 1.15 bits per heavy atom. The second-order valence-corrected chi connectivity index (χ2v) is 8.07. The fourth-order valence-corrected chi connectivity index (χ4v) is 4.21. The van der Waals surface area contributed by atoms with E-state index in [-0.39, 0.29) is 23.8 Å². The van der Waals surface area contributed by atoms with Gasteiger partial charge in [0.05, 0.1) is 16.7 Å². The summed E-state index contributed by atoms with van der Waals surface area (Å²) in [5.74, 6) is -0.0297. The van der Waals surface area contributed by atoms with Gasteiger partial charge in [-0.25, -0.2) is 19.3 Å². The molecule has 1 aliphatic carbocycles. The minimum atomic E-state index is -0.353. The Balaban J connectivity index is 1.49. The van der Waals surface area contributed by atoms with Crippen LogP contribution < -0.4 is 26.6 Å². The molecule has 4 aromatic rings. The van der Waals surface area contributed by atoms with Crippen LogP contribution in [0.3, 0.4) is 0 Å². The molecule has 34 heavy (non-hydrogen) atoms. The number of rotatable bonds is 5. The lowest BCUT2D eigenvalue weighted by molar-refractivity contribution is 0.252. The van der Waals surface area contributed by atoms with E-state index in [1.165, 1.54) is 0 Å². The normalized spacial score (nSPS) is 12.5. The number of imidazole rings is 1. The van der Waals surface area contributed by atoms with E-state index in [1.807, 2.05) is 19.1 Å². The number of H-pyrrole nitrogens is 2. The zero-order chi connectivity index (χ0) is 23.7. The molecule has 0 atom stereocenters. The van der Waals surface area contributed by atoms with E-state index in [2.05, 4.69) is 30.8 Å². The summed E-state index contributed by atoms with van der Waals surface area (Å²) >= 11 is 0. The van der Waals surface area contributed by atoms with Crippen LogP contribution in [0.4, 0.5) is 15.1 Å². The summed E-state index contributed by atoms with van der Waals surface area (Å²) < 4.78 is 15.6. The Kier molecular flexibility index (Phi) is 5.67. The maximum Gasteiger partial charge on any atom is 0.321 e. The third-order valence-electron chi connectivity index (χ3n) is 5.80. The zero-order valence-corrected chi connectivity index (χ0v) is 18.5. The Labute approximate surface area is 193 Å². The van der Waals surface area contributed by atoms with Gasteiger partial charge in [-0.05, 0) is 43.0 Å². The molecule has 0 unspecified atom stereocenters. The number of aromatic amines is 2. The van der Waals surface area contributed by atoms with E-state index >= 15 is 4.39 Å². The van der Waals surface area contributed by atoms with Crippen LogP contribution in [-0.2, 0) is 6.42 Å². The fourth-order valence-electron chi connectivity index (χ4n) is 4.21. The molecule has 0 fully saturated rings. The number of nitrogens with one attached hydrogen (secondary N) is 4. The predicted octanol–water partition coefficient (Wildman–Crippen LogP) is 2.54. The summed E-state index contributed by atoms with van der Waals surface area (Å²) in [4.78, 5) is 31.3. The monoisotopic (exact) mass is 458 g/mol. The highest BCUT2D eigenvalue weighted by Gasteiger charge is 2.15. The van der Waals surface area contributed by atoms with Crippen molar-refractivity contribution in [2.24, 2.45) is 0 Å². The second-order valence-electron chi connectivity index (χ2n) is 8.07. The molecule has 2 aromatic heterocycles. The van der Waals surface area contributed by atoms with Gasteiger partial charge in [0.25, 0.3) is 5.56 Å². The van der Waals surface area contributed by atoms with Crippen LogP contribution in [0.25, 0.3) is 34.3 Å². The number of anilines is 1. The molecule has 9 heteroatoms. The number of carbonyl (C=O) groups excluding carboxylic acids is 1. The summed E-state index contributed by atoms with van der Waals surface area (Å²) in [6.45, 7) is 2.32. The van der Waals surface area contributed by atoms with Gasteiger partial charge < -0.3 is 10.3 Å². The molecule has 5 rings (SSSR count). The SMILES string of the molecule is CCNC(=O)Nc1nc2ccc(-c3cccc(Cc4n[nH]c(=O)c5c4=CCCC=5)c3F)cc2[nH]1.